The smallest absolute Gasteiger partial charge is 0.306 e. The monoisotopic (exact) mass is 376 g/mol. The van der Waals surface area contributed by atoms with Crippen LogP contribution in [0.5, 0.6) is 0 Å². The van der Waals surface area contributed by atoms with Crippen molar-refractivity contribution in [3.8, 4) is 11.1 Å². The average Bonchev–Trinajstić information content (AvgIpc) is 2.70. The van der Waals surface area contributed by atoms with Crippen molar-refractivity contribution in [1.82, 2.24) is 4.57 Å². The van der Waals surface area contributed by atoms with Crippen LogP contribution in [0, 0.1) is 0 Å². The minimum absolute atomic E-state index is 0.0429. The zero-order valence-corrected chi connectivity index (χ0v) is 15.9. The first kappa shape index (κ1) is 19.4. The summed E-state index contributed by atoms with van der Waals surface area (Å²) in [5.41, 5.74) is 9.95. The molecule has 0 saturated heterocycles. The number of benzene rings is 2. The Kier molecular flexibility index (Phi) is 6.27. The Labute approximate surface area is 164 Å². The predicted molar refractivity (Wildman–Crippen MR) is 111 cm³/mol. The van der Waals surface area contributed by atoms with E-state index in [2.05, 4.69) is 0 Å². The second-order valence-corrected chi connectivity index (χ2v) is 6.60. The lowest BCUT2D eigenvalue weighted by molar-refractivity contribution is -0.143. The summed E-state index contributed by atoms with van der Waals surface area (Å²) in [6.07, 6.45) is 2.81. The van der Waals surface area contributed by atoms with Crippen LogP contribution in [-0.2, 0) is 22.5 Å². The van der Waals surface area contributed by atoms with Crippen LogP contribution in [0.2, 0.25) is 0 Å². The molecule has 3 rings (SSSR count). The van der Waals surface area contributed by atoms with Crippen molar-refractivity contribution in [1.29, 1.82) is 0 Å². The van der Waals surface area contributed by atoms with Gasteiger partial charge in [0.15, 0.2) is 0 Å². The Morgan fingerprint density at radius 3 is 2.36 bits per heavy atom. The van der Waals surface area contributed by atoms with Crippen molar-refractivity contribution in [2.75, 3.05) is 12.3 Å². The number of anilines is 1. The van der Waals surface area contributed by atoms with E-state index in [9.17, 15) is 9.59 Å². The molecule has 0 atom stereocenters. The van der Waals surface area contributed by atoms with Crippen molar-refractivity contribution < 1.29 is 9.53 Å². The number of carbonyl (C=O) groups is 1. The van der Waals surface area contributed by atoms with Crippen LogP contribution in [-0.4, -0.2) is 17.1 Å². The molecule has 5 heteroatoms. The first-order chi connectivity index (χ1) is 13.6. The van der Waals surface area contributed by atoms with Gasteiger partial charge >= 0.3 is 5.97 Å². The molecule has 0 unspecified atom stereocenters. The van der Waals surface area contributed by atoms with Crippen LogP contribution in [0.4, 0.5) is 5.69 Å². The summed E-state index contributed by atoms with van der Waals surface area (Å²) in [6.45, 7) is 2.69. The van der Waals surface area contributed by atoms with Crippen molar-refractivity contribution in [2.24, 2.45) is 0 Å². The number of carbonyl (C=O) groups excluding carboxylic acids is 1. The highest BCUT2D eigenvalue weighted by Gasteiger charge is 2.07. The maximum atomic E-state index is 12.8. The van der Waals surface area contributed by atoms with Crippen molar-refractivity contribution in [3.05, 3.63) is 88.3 Å². The summed E-state index contributed by atoms with van der Waals surface area (Å²) in [5, 5.41) is 0. The van der Waals surface area contributed by atoms with Crippen LogP contribution < -0.4 is 11.3 Å². The molecule has 0 saturated carbocycles. The number of nitrogens with zero attached hydrogens (tertiary/aromatic N) is 1. The van der Waals surface area contributed by atoms with E-state index >= 15 is 0 Å². The molecule has 2 N–H and O–H groups in total. The average molecular weight is 376 g/mol. The molecule has 0 aliphatic rings. The summed E-state index contributed by atoms with van der Waals surface area (Å²) < 4.78 is 6.64. The summed E-state index contributed by atoms with van der Waals surface area (Å²) in [6, 6.07) is 19.0. The zero-order chi connectivity index (χ0) is 19.9. The Morgan fingerprint density at radius 1 is 1.00 bits per heavy atom. The summed E-state index contributed by atoms with van der Waals surface area (Å²) in [4.78, 5) is 24.3. The lowest BCUT2D eigenvalue weighted by Crippen LogP contribution is -2.21. The fraction of sp³-hybridized carbons (Fsp3) is 0.217. The number of esters is 1. The number of hydrogen-bond acceptors (Lipinski definition) is 4. The Balaban J connectivity index is 1.72. The van der Waals surface area contributed by atoms with Crippen LogP contribution in [0.3, 0.4) is 0 Å². The Hall–Kier alpha value is -3.34. The molecular formula is C23H24N2O3. The van der Waals surface area contributed by atoms with Crippen LogP contribution in [0.25, 0.3) is 11.1 Å². The zero-order valence-electron chi connectivity index (χ0n) is 15.9. The second kappa shape index (κ2) is 9.04. The second-order valence-electron chi connectivity index (χ2n) is 6.60. The largest absolute Gasteiger partial charge is 0.466 e. The third-order valence-electron chi connectivity index (χ3n) is 4.54. The lowest BCUT2D eigenvalue weighted by atomic mass is 10.1. The van der Waals surface area contributed by atoms with Gasteiger partial charge in [-0.2, -0.15) is 0 Å². The molecule has 2 aromatic carbocycles. The van der Waals surface area contributed by atoms with Crippen LogP contribution in [0.15, 0.2) is 71.7 Å². The van der Waals surface area contributed by atoms with E-state index in [0.29, 0.717) is 37.2 Å². The topological polar surface area (TPSA) is 74.3 Å². The molecule has 0 bridgehead atoms. The van der Waals surface area contributed by atoms with Gasteiger partial charge < -0.3 is 15.0 Å². The molecule has 1 heterocycles. The number of rotatable bonds is 7. The first-order valence-electron chi connectivity index (χ1n) is 9.35. The molecule has 3 aromatic rings. The quantitative estimate of drug-likeness (QED) is 0.505. The molecule has 28 heavy (non-hydrogen) atoms. The number of pyridine rings is 1. The van der Waals surface area contributed by atoms with Gasteiger partial charge in [0, 0.05) is 23.9 Å². The third kappa shape index (κ3) is 4.88. The first-order valence-corrected chi connectivity index (χ1v) is 9.35. The van der Waals surface area contributed by atoms with E-state index in [1.807, 2.05) is 48.5 Å². The molecule has 1 aromatic heterocycles. The van der Waals surface area contributed by atoms with E-state index < -0.39 is 0 Å². The molecule has 0 amide bonds. The van der Waals surface area contributed by atoms with Gasteiger partial charge in [0.1, 0.15) is 0 Å². The summed E-state index contributed by atoms with van der Waals surface area (Å²) in [5.74, 6) is -0.183. The summed E-state index contributed by atoms with van der Waals surface area (Å²) >= 11 is 0. The number of ether oxygens (including phenoxy) is 1. The van der Waals surface area contributed by atoms with Gasteiger partial charge in [-0.05, 0) is 54.3 Å². The van der Waals surface area contributed by atoms with Gasteiger partial charge in [0.05, 0.1) is 13.2 Å². The van der Waals surface area contributed by atoms with Gasteiger partial charge in [-0.3, -0.25) is 9.59 Å². The van der Waals surface area contributed by atoms with Gasteiger partial charge in [0.2, 0.25) is 0 Å². The minimum Gasteiger partial charge on any atom is -0.466 e. The minimum atomic E-state index is -0.183. The van der Waals surface area contributed by atoms with Gasteiger partial charge in [0.25, 0.3) is 5.56 Å². The normalized spacial score (nSPS) is 10.6. The number of aromatic nitrogens is 1. The fourth-order valence-corrected chi connectivity index (χ4v) is 3.03. The van der Waals surface area contributed by atoms with Crippen LogP contribution in [0.1, 0.15) is 24.5 Å². The molecule has 144 valence electrons. The maximum Gasteiger partial charge on any atom is 0.306 e. The van der Waals surface area contributed by atoms with Gasteiger partial charge in [-0.25, -0.2) is 0 Å². The fourth-order valence-electron chi connectivity index (χ4n) is 3.03. The van der Waals surface area contributed by atoms with Crippen molar-refractivity contribution in [3.63, 3.8) is 0 Å². The number of hydrogen-bond donors (Lipinski definition) is 1. The molecule has 0 aliphatic heterocycles. The molecule has 0 fully saturated rings. The van der Waals surface area contributed by atoms with E-state index in [1.165, 1.54) is 0 Å². The molecular weight excluding hydrogens is 352 g/mol. The molecule has 0 aliphatic carbocycles. The van der Waals surface area contributed by atoms with Crippen molar-refractivity contribution in [2.45, 2.75) is 26.3 Å². The number of nitrogen functional groups attached to an aromatic ring is 1. The van der Waals surface area contributed by atoms with Crippen LogP contribution >= 0.6 is 0 Å². The third-order valence-corrected chi connectivity index (χ3v) is 4.54. The lowest BCUT2D eigenvalue weighted by Gasteiger charge is -2.10. The SMILES string of the molecule is CCOC(=O)CCc1ccc(Cn2cccc(-c3ccc(N)cc3)c2=O)cc1. The van der Waals surface area contributed by atoms with Gasteiger partial charge in [-0.15, -0.1) is 0 Å². The van der Waals surface area contributed by atoms with Crippen molar-refractivity contribution >= 4 is 11.7 Å². The van der Waals surface area contributed by atoms with E-state index in [4.69, 9.17) is 10.5 Å². The highest BCUT2D eigenvalue weighted by molar-refractivity contribution is 5.69. The summed E-state index contributed by atoms with van der Waals surface area (Å²) in [7, 11) is 0. The van der Waals surface area contributed by atoms with Gasteiger partial charge in [-0.1, -0.05) is 36.4 Å². The predicted octanol–water partition coefficient (Wildman–Crippen LogP) is 3.64. The molecule has 0 spiro atoms. The Morgan fingerprint density at radius 2 is 1.68 bits per heavy atom. The van der Waals surface area contributed by atoms with E-state index in [1.54, 1.807) is 29.8 Å². The number of nitrogens with two attached hydrogens (primary N) is 1. The maximum absolute atomic E-state index is 12.8. The molecule has 5 nitrogen and oxygen atoms in total. The van der Waals surface area contributed by atoms with E-state index in [-0.39, 0.29) is 11.5 Å². The Bertz CT molecular complexity index is 990. The standard InChI is InChI=1S/C23H24N2O3/c1-2-28-22(26)14-9-17-5-7-18(8-6-17)16-25-15-3-4-21(23(25)27)19-10-12-20(24)13-11-19/h3-8,10-13,15H,2,9,14,16,24H2,1H3. The highest BCUT2D eigenvalue weighted by atomic mass is 16.5. The van der Waals surface area contributed by atoms with E-state index in [0.717, 1.165) is 16.7 Å². The highest BCUT2D eigenvalue weighted by Crippen LogP contribution is 2.17. The number of aryl methyl sites for hydroxylation is 1. The molecule has 0 radical (unpaired) electrons.